The van der Waals surface area contributed by atoms with Crippen molar-refractivity contribution in [3.8, 4) is 34.1 Å². The molecule has 0 amide bonds. The number of ether oxygens (including phenoxy) is 2. The zero-order valence-corrected chi connectivity index (χ0v) is 38.4. The molecule has 2 saturated heterocycles. The number of likely N-dealkylation sites (tertiary alicyclic amines) is 2. The first-order valence-corrected chi connectivity index (χ1v) is 22.5. The molecule has 0 bridgehead atoms. The number of pyridine rings is 4. The molecule has 0 radical (unpaired) electrons. The van der Waals surface area contributed by atoms with Gasteiger partial charge in [0.15, 0.2) is 6.20 Å². The molecule has 0 atom stereocenters. The molecule has 8 rings (SSSR count). The van der Waals surface area contributed by atoms with E-state index in [1.54, 1.807) is 47.9 Å². The second-order valence-corrected chi connectivity index (χ2v) is 18.2. The van der Waals surface area contributed by atoms with Gasteiger partial charge in [0.05, 0.1) is 19.4 Å². The molecule has 8 heterocycles. The van der Waals surface area contributed by atoms with Gasteiger partial charge in [-0.15, -0.1) is 22.7 Å². The maximum absolute atomic E-state index is 11.4. The Morgan fingerprint density at radius 1 is 0.703 bits per heavy atom. The van der Waals surface area contributed by atoms with E-state index < -0.39 is 9.85 Å². The quantitative estimate of drug-likeness (QED) is 0.0872. The van der Waals surface area contributed by atoms with E-state index in [1.165, 1.54) is 66.7 Å². The highest BCUT2D eigenvalue weighted by molar-refractivity contribution is 9.10. The molecule has 0 aromatic carbocycles. The Bertz CT molecular complexity index is 2630. The van der Waals surface area contributed by atoms with Crippen molar-refractivity contribution in [3.63, 3.8) is 0 Å². The summed E-state index contributed by atoms with van der Waals surface area (Å²) in [7, 11) is 4.32. The molecule has 21 heteroatoms. The molecule has 0 spiro atoms. The number of rotatable bonds is 11. The number of thiazole rings is 2. The van der Waals surface area contributed by atoms with Crippen LogP contribution in [0.25, 0.3) is 10.4 Å². The summed E-state index contributed by atoms with van der Waals surface area (Å²) in [6.07, 6.45) is 14.3. The van der Waals surface area contributed by atoms with Crippen LogP contribution in [0.2, 0.25) is 0 Å². The van der Waals surface area contributed by atoms with Gasteiger partial charge in [-0.25, -0.2) is 19.9 Å². The van der Waals surface area contributed by atoms with Crippen molar-refractivity contribution in [2.75, 3.05) is 40.3 Å². The van der Waals surface area contributed by atoms with Crippen molar-refractivity contribution in [3.05, 3.63) is 136 Å². The molecule has 6 aromatic rings. The second-order valence-electron chi connectivity index (χ2n) is 15.0. The summed E-state index contributed by atoms with van der Waals surface area (Å²) in [5.74, 6) is 0.598. The predicted molar refractivity (Wildman–Crippen MR) is 243 cm³/mol. The minimum atomic E-state index is -0.616. The Kier molecular flexibility index (Phi) is 16.8. The highest BCUT2D eigenvalue weighted by atomic mass is 79.9. The number of hydrogen-bond donors (Lipinski definition) is 0. The molecular weight excluding hydrogens is 925 g/mol. The number of aryl methyl sites for hydroxylation is 1. The number of nitriles is 2. The predicted octanol–water partition coefficient (Wildman–Crippen LogP) is 8.63. The lowest BCUT2D eigenvalue weighted by atomic mass is 9.98. The standard InChI is InChI=1S/C21H20N6O3S.C12H7BrN4O3.C10H16N2S/c1-26-6-3-15(4-7-26)21-25-12-19(31-21)16-9-18(20(24-11-16)27(28)29)30-13-14-2-5-23-17(8-14)10-22;13-9-4-11(12(16-6-9)17(18)19)20-7-8-1-2-15-10(3-8)5-14;1-8-7-11-10(13-8)9-3-5-12(2)6-4-9/h2,5,8-9,11-12,15H,3-4,6-7,13H2,1H3;1-4,6H,7H2;7,9H,3-6H2,1-2H3. The highest BCUT2D eigenvalue weighted by Gasteiger charge is 2.24. The summed E-state index contributed by atoms with van der Waals surface area (Å²) in [4.78, 5) is 52.5. The normalized spacial score (nSPS) is 14.5. The summed E-state index contributed by atoms with van der Waals surface area (Å²) in [5.41, 5.74) is 2.62. The minimum Gasteiger partial charge on any atom is -0.481 e. The number of piperidine rings is 2. The summed E-state index contributed by atoms with van der Waals surface area (Å²) >= 11 is 6.64. The van der Waals surface area contributed by atoms with Crippen LogP contribution in [0.3, 0.4) is 0 Å². The average molecular weight is 968 g/mol. The zero-order chi connectivity index (χ0) is 45.6. The Labute approximate surface area is 385 Å². The van der Waals surface area contributed by atoms with Gasteiger partial charge in [-0.1, -0.05) is 0 Å². The molecule has 0 aliphatic carbocycles. The SMILES string of the molecule is CN1CCC(c2ncc(-c3cnc([N+](=O)[O-])c(OCc4ccnc(C#N)c4)c3)s2)CC1.Cc1cnc(C2CCN(C)CC2)s1.N#Cc1cc(COc2cc(Br)cnc2[N+](=O)[O-])ccn1. The number of nitro groups is 2. The summed E-state index contributed by atoms with van der Waals surface area (Å²) < 4.78 is 11.7. The van der Waals surface area contributed by atoms with Crippen molar-refractivity contribution >= 4 is 50.2 Å². The third-order valence-corrected chi connectivity index (χ3v) is 12.9. The summed E-state index contributed by atoms with van der Waals surface area (Å²) in [5, 5.41) is 42.4. The molecule has 64 heavy (non-hydrogen) atoms. The molecule has 0 N–H and O–H groups in total. The lowest BCUT2D eigenvalue weighted by Gasteiger charge is -2.27. The van der Waals surface area contributed by atoms with Crippen LogP contribution in [-0.4, -0.2) is 89.8 Å². The van der Waals surface area contributed by atoms with E-state index in [1.807, 2.05) is 29.7 Å². The van der Waals surface area contributed by atoms with Crippen molar-refractivity contribution in [1.82, 2.24) is 39.7 Å². The first kappa shape index (κ1) is 47.1. The molecular formula is C43H43BrN12O6S2. The van der Waals surface area contributed by atoms with Crippen molar-refractivity contribution in [2.45, 2.75) is 57.7 Å². The average Bonchev–Trinajstić information content (AvgIpc) is 3.98. The Morgan fingerprint density at radius 2 is 1.19 bits per heavy atom. The van der Waals surface area contributed by atoms with Crippen LogP contribution in [0, 0.1) is 49.8 Å². The van der Waals surface area contributed by atoms with E-state index in [-0.39, 0.29) is 47.7 Å². The third-order valence-electron chi connectivity index (χ3n) is 10.2. The largest absolute Gasteiger partial charge is 0.481 e. The van der Waals surface area contributed by atoms with E-state index in [0.29, 0.717) is 21.5 Å². The number of aromatic nitrogens is 6. The van der Waals surface area contributed by atoms with Gasteiger partial charge in [0, 0.05) is 59.2 Å². The van der Waals surface area contributed by atoms with Crippen molar-refractivity contribution in [1.29, 1.82) is 10.5 Å². The fourth-order valence-electron chi connectivity index (χ4n) is 6.73. The molecule has 18 nitrogen and oxygen atoms in total. The van der Waals surface area contributed by atoms with Crippen LogP contribution in [0.5, 0.6) is 11.5 Å². The van der Waals surface area contributed by atoms with Gasteiger partial charge < -0.3 is 39.5 Å². The minimum absolute atomic E-state index is 0.0553. The second kappa shape index (κ2) is 22.8. The Morgan fingerprint density at radius 3 is 1.67 bits per heavy atom. The lowest BCUT2D eigenvalue weighted by molar-refractivity contribution is -0.390. The zero-order valence-electron chi connectivity index (χ0n) is 35.2. The van der Waals surface area contributed by atoms with E-state index in [0.717, 1.165) is 47.3 Å². The fraction of sp³-hybridized carbons (Fsp3) is 0.349. The molecule has 6 aromatic heterocycles. The van der Waals surface area contributed by atoms with E-state index in [4.69, 9.17) is 20.0 Å². The van der Waals surface area contributed by atoms with Crippen LogP contribution < -0.4 is 9.47 Å². The van der Waals surface area contributed by atoms with Crippen LogP contribution in [0.1, 0.15) is 74.9 Å². The van der Waals surface area contributed by atoms with E-state index in [2.05, 4.69) is 76.7 Å². The number of hydrogen-bond acceptors (Lipinski definition) is 18. The van der Waals surface area contributed by atoms with Gasteiger partial charge in [0.1, 0.15) is 42.9 Å². The number of nitrogens with zero attached hydrogens (tertiary/aromatic N) is 12. The monoisotopic (exact) mass is 966 g/mol. The Hall–Kier alpha value is -6.36. The van der Waals surface area contributed by atoms with Crippen LogP contribution in [0.4, 0.5) is 11.6 Å². The Balaban J connectivity index is 0.000000176. The summed E-state index contributed by atoms with van der Waals surface area (Å²) in [6, 6.07) is 13.5. The van der Waals surface area contributed by atoms with Gasteiger partial charge in [-0.05, 0) is 144 Å². The number of halogens is 1. The summed E-state index contributed by atoms with van der Waals surface area (Å²) in [6.45, 7) is 6.84. The maximum Gasteiger partial charge on any atom is 0.406 e. The van der Waals surface area contributed by atoms with Crippen LogP contribution in [-0.2, 0) is 13.2 Å². The van der Waals surface area contributed by atoms with E-state index >= 15 is 0 Å². The molecule has 330 valence electrons. The lowest BCUT2D eigenvalue weighted by Crippen LogP contribution is -2.29. The molecule has 0 saturated carbocycles. The smallest absolute Gasteiger partial charge is 0.406 e. The third kappa shape index (κ3) is 13.3. The maximum atomic E-state index is 11.4. The van der Waals surface area contributed by atoms with Gasteiger partial charge in [-0.2, -0.15) is 10.5 Å². The van der Waals surface area contributed by atoms with Crippen LogP contribution in [0.15, 0.2) is 78.1 Å². The van der Waals surface area contributed by atoms with Crippen LogP contribution >= 0.6 is 38.6 Å². The highest BCUT2D eigenvalue weighted by Crippen LogP contribution is 2.37. The topological polar surface area (TPSA) is 236 Å². The first-order valence-electron chi connectivity index (χ1n) is 20.0. The first-order chi connectivity index (χ1) is 30.9. The van der Waals surface area contributed by atoms with Crippen molar-refractivity contribution < 1.29 is 19.3 Å². The van der Waals surface area contributed by atoms with E-state index in [9.17, 15) is 20.2 Å². The van der Waals surface area contributed by atoms with Gasteiger partial charge in [-0.3, -0.25) is 0 Å². The molecule has 0 unspecified atom stereocenters. The van der Waals surface area contributed by atoms with Gasteiger partial charge in [0.25, 0.3) is 0 Å². The molecule has 2 aliphatic heterocycles. The van der Waals surface area contributed by atoms with Crippen molar-refractivity contribution in [2.24, 2.45) is 0 Å². The van der Waals surface area contributed by atoms with Gasteiger partial charge in [0.2, 0.25) is 11.5 Å². The van der Waals surface area contributed by atoms with Gasteiger partial charge >= 0.3 is 11.6 Å². The molecule has 2 aliphatic rings. The molecule has 2 fully saturated rings. The fourth-order valence-corrected chi connectivity index (χ4v) is 9.05.